The van der Waals surface area contributed by atoms with Crippen molar-refractivity contribution in [1.82, 2.24) is 9.55 Å². The lowest BCUT2D eigenvalue weighted by Gasteiger charge is -2.25. The lowest BCUT2D eigenvalue weighted by atomic mass is 9.98. The molecule has 0 spiro atoms. The molecule has 1 aromatic heterocycles. The van der Waals surface area contributed by atoms with E-state index in [9.17, 15) is 9.90 Å². The zero-order chi connectivity index (χ0) is 12.3. The monoisotopic (exact) mass is 242 g/mol. The van der Waals surface area contributed by atoms with Crippen molar-refractivity contribution in [3.63, 3.8) is 0 Å². The Balaban J connectivity index is 2.87. The van der Waals surface area contributed by atoms with Crippen molar-refractivity contribution in [1.29, 1.82) is 0 Å². The summed E-state index contributed by atoms with van der Waals surface area (Å²) in [6.07, 6.45) is 4.12. The highest BCUT2D eigenvalue weighted by Gasteiger charge is 2.36. The van der Waals surface area contributed by atoms with E-state index >= 15 is 0 Å². The third kappa shape index (κ3) is 3.01. The van der Waals surface area contributed by atoms with Gasteiger partial charge in [0, 0.05) is 19.4 Å². The summed E-state index contributed by atoms with van der Waals surface area (Å²) in [7, 11) is 1.87. The SMILES string of the molecule is CC(C)CC(C)(Sc1nccn1C)C(=O)O. The number of aryl methyl sites for hydroxylation is 1. The van der Waals surface area contributed by atoms with Gasteiger partial charge in [-0.1, -0.05) is 25.6 Å². The Morgan fingerprint density at radius 1 is 1.69 bits per heavy atom. The van der Waals surface area contributed by atoms with Gasteiger partial charge >= 0.3 is 5.97 Å². The molecule has 1 heterocycles. The van der Waals surface area contributed by atoms with Crippen molar-refractivity contribution in [3.05, 3.63) is 12.4 Å². The number of aliphatic carboxylic acids is 1. The van der Waals surface area contributed by atoms with Gasteiger partial charge in [-0.2, -0.15) is 0 Å². The molecular formula is C11H18N2O2S. The fourth-order valence-corrected chi connectivity index (χ4v) is 2.83. The number of hydrogen-bond acceptors (Lipinski definition) is 3. The minimum Gasteiger partial charge on any atom is -0.480 e. The van der Waals surface area contributed by atoms with Crippen molar-refractivity contribution in [2.45, 2.75) is 37.1 Å². The summed E-state index contributed by atoms with van der Waals surface area (Å²) >= 11 is 1.31. The number of carboxylic acid groups (broad SMARTS) is 1. The molecule has 16 heavy (non-hydrogen) atoms. The van der Waals surface area contributed by atoms with Crippen LogP contribution in [0, 0.1) is 5.92 Å². The van der Waals surface area contributed by atoms with Crippen LogP contribution in [0.15, 0.2) is 17.6 Å². The van der Waals surface area contributed by atoms with E-state index in [1.807, 2.05) is 31.7 Å². The van der Waals surface area contributed by atoms with Crippen LogP contribution in [-0.4, -0.2) is 25.4 Å². The second-order valence-corrected chi connectivity index (χ2v) is 6.03. The number of hydrogen-bond donors (Lipinski definition) is 1. The van der Waals surface area contributed by atoms with Gasteiger partial charge in [0.2, 0.25) is 0 Å². The number of thioether (sulfide) groups is 1. The molecule has 1 aromatic rings. The maximum absolute atomic E-state index is 11.3. The van der Waals surface area contributed by atoms with E-state index in [0.29, 0.717) is 12.3 Å². The van der Waals surface area contributed by atoms with Gasteiger partial charge in [-0.25, -0.2) is 4.98 Å². The van der Waals surface area contributed by atoms with Crippen LogP contribution in [0.1, 0.15) is 27.2 Å². The Labute approximate surface area is 100 Å². The quantitative estimate of drug-likeness (QED) is 0.806. The van der Waals surface area contributed by atoms with Crippen LogP contribution in [0.5, 0.6) is 0 Å². The molecule has 0 saturated heterocycles. The first-order chi connectivity index (χ1) is 7.35. The maximum atomic E-state index is 11.3. The van der Waals surface area contributed by atoms with E-state index in [0.717, 1.165) is 5.16 Å². The van der Waals surface area contributed by atoms with Crippen LogP contribution >= 0.6 is 11.8 Å². The summed E-state index contributed by atoms with van der Waals surface area (Å²) in [5.41, 5.74) is 0. The minimum absolute atomic E-state index is 0.342. The first-order valence-corrected chi connectivity index (χ1v) is 6.06. The number of nitrogens with zero attached hydrogens (tertiary/aromatic N) is 2. The third-order valence-corrected chi connectivity index (χ3v) is 3.71. The van der Waals surface area contributed by atoms with Gasteiger partial charge in [0.15, 0.2) is 5.16 Å². The Bertz CT molecular complexity index is 376. The Morgan fingerprint density at radius 2 is 2.31 bits per heavy atom. The van der Waals surface area contributed by atoms with Crippen molar-refractivity contribution < 1.29 is 9.90 Å². The van der Waals surface area contributed by atoms with Gasteiger partial charge in [-0.15, -0.1) is 0 Å². The molecule has 0 radical (unpaired) electrons. The Hall–Kier alpha value is -0.970. The molecule has 0 aliphatic carbocycles. The van der Waals surface area contributed by atoms with E-state index in [1.165, 1.54) is 11.8 Å². The highest BCUT2D eigenvalue weighted by Crippen LogP contribution is 2.36. The first kappa shape index (κ1) is 13.1. The van der Waals surface area contributed by atoms with Gasteiger partial charge in [0.25, 0.3) is 0 Å². The normalized spacial score (nSPS) is 15.1. The molecular weight excluding hydrogens is 224 g/mol. The molecule has 4 nitrogen and oxygen atoms in total. The predicted molar refractivity (Wildman–Crippen MR) is 64.6 cm³/mol. The highest BCUT2D eigenvalue weighted by atomic mass is 32.2. The van der Waals surface area contributed by atoms with Crippen molar-refractivity contribution >= 4 is 17.7 Å². The van der Waals surface area contributed by atoms with Crippen molar-refractivity contribution in [3.8, 4) is 0 Å². The van der Waals surface area contributed by atoms with Crippen LogP contribution in [0.3, 0.4) is 0 Å². The molecule has 0 aliphatic heterocycles. The number of aromatic nitrogens is 2. The smallest absolute Gasteiger partial charge is 0.319 e. The van der Waals surface area contributed by atoms with Gasteiger partial charge in [-0.05, 0) is 19.3 Å². The average molecular weight is 242 g/mol. The highest BCUT2D eigenvalue weighted by molar-refractivity contribution is 8.01. The maximum Gasteiger partial charge on any atom is 0.319 e. The van der Waals surface area contributed by atoms with Crippen molar-refractivity contribution in [2.75, 3.05) is 0 Å². The van der Waals surface area contributed by atoms with Crippen LogP contribution in [0.2, 0.25) is 0 Å². The summed E-state index contributed by atoms with van der Waals surface area (Å²) < 4.78 is 1.03. The molecule has 1 N–H and O–H groups in total. The number of carboxylic acids is 1. The fourth-order valence-electron chi connectivity index (χ4n) is 1.60. The number of rotatable bonds is 5. The largest absolute Gasteiger partial charge is 0.480 e. The second-order valence-electron chi connectivity index (χ2n) is 4.56. The van der Waals surface area contributed by atoms with Crippen molar-refractivity contribution in [2.24, 2.45) is 13.0 Å². The van der Waals surface area contributed by atoms with Gasteiger partial charge in [-0.3, -0.25) is 4.79 Å². The summed E-state index contributed by atoms with van der Waals surface area (Å²) in [6.45, 7) is 5.81. The topological polar surface area (TPSA) is 55.1 Å². The average Bonchev–Trinajstić information content (AvgIpc) is 2.50. The number of imidazole rings is 1. The van der Waals surface area contributed by atoms with E-state index < -0.39 is 10.7 Å². The zero-order valence-electron chi connectivity index (χ0n) is 10.1. The lowest BCUT2D eigenvalue weighted by molar-refractivity contribution is -0.139. The minimum atomic E-state index is -0.812. The first-order valence-electron chi connectivity index (χ1n) is 5.25. The molecule has 0 aromatic carbocycles. The van der Waals surface area contributed by atoms with Gasteiger partial charge in [0.05, 0.1) is 0 Å². The summed E-state index contributed by atoms with van der Waals surface area (Å²) in [4.78, 5) is 15.5. The van der Waals surface area contributed by atoms with E-state index in [-0.39, 0.29) is 0 Å². The molecule has 90 valence electrons. The molecule has 1 rings (SSSR count). The summed E-state index contributed by atoms with van der Waals surface area (Å²) in [5.74, 6) is -0.442. The van der Waals surface area contributed by atoms with Crippen LogP contribution in [0.4, 0.5) is 0 Å². The van der Waals surface area contributed by atoms with E-state index in [2.05, 4.69) is 4.98 Å². The lowest BCUT2D eigenvalue weighted by Crippen LogP contribution is -2.33. The molecule has 0 bridgehead atoms. The Kier molecular flexibility index (Phi) is 4.02. The van der Waals surface area contributed by atoms with Gasteiger partial charge in [0.1, 0.15) is 4.75 Å². The zero-order valence-corrected chi connectivity index (χ0v) is 10.9. The predicted octanol–water partition coefficient (Wildman–Crippen LogP) is 2.40. The van der Waals surface area contributed by atoms with Crippen LogP contribution in [0.25, 0.3) is 0 Å². The second kappa shape index (κ2) is 4.91. The van der Waals surface area contributed by atoms with Crippen LogP contribution in [-0.2, 0) is 11.8 Å². The fraction of sp³-hybridized carbons (Fsp3) is 0.636. The Morgan fingerprint density at radius 3 is 2.69 bits per heavy atom. The molecule has 0 amide bonds. The van der Waals surface area contributed by atoms with Gasteiger partial charge < -0.3 is 9.67 Å². The molecule has 1 unspecified atom stereocenters. The summed E-state index contributed by atoms with van der Waals surface area (Å²) in [5, 5.41) is 10.1. The number of carbonyl (C=O) groups is 1. The molecule has 0 fully saturated rings. The summed E-state index contributed by atoms with van der Waals surface area (Å²) in [6, 6.07) is 0. The molecule has 0 saturated carbocycles. The van der Waals surface area contributed by atoms with Crippen LogP contribution < -0.4 is 0 Å². The third-order valence-electron chi connectivity index (χ3n) is 2.34. The molecule has 0 aliphatic rings. The molecule has 5 heteroatoms. The van der Waals surface area contributed by atoms with E-state index in [4.69, 9.17) is 0 Å². The standard InChI is InChI=1S/C11H18N2O2S/c1-8(2)7-11(3,9(14)15)16-10-12-5-6-13(10)4/h5-6,8H,7H2,1-4H3,(H,14,15). The molecule has 1 atom stereocenters. The van der Waals surface area contributed by atoms with E-state index in [1.54, 1.807) is 13.1 Å².